The van der Waals surface area contributed by atoms with E-state index in [1.165, 1.54) is 12.1 Å². The summed E-state index contributed by atoms with van der Waals surface area (Å²) < 4.78 is 13.7. The minimum Gasteiger partial charge on any atom is -0.299 e. The van der Waals surface area contributed by atoms with Crippen molar-refractivity contribution >= 4 is 33.2 Å². The first kappa shape index (κ1) is 19.6. The summed E-state index contributed by atoms with van der Waals surface area (Å²) in [5.41, 5.74) is 8.19. The van der Waals surface area contributed by atoms with Crippen LogP contribution >= 0.6 is 0 Å². The molecule has 0 radical (unpaired) electrons. The van der Waals surface area contributed by atoms with E-state index in [-0.39, 0.29) is 17.5 Å². The SMILES string of the molecule is Cc1c2nc(C3=CCC(=O)CC3)c(C(C)C)c(-c3ccc(F)cc3)c2cc2cn[nH]c12. The number of pyridine rings is 1. The van der Waals surface area contributed by atoms with Crippen LogP contribution in [0.5, 0.6) is 0 Å². The highest BCUT2D eigenvalue weighted by Crippen LogP contribution is 2.42. The van der Waals surface area contributed by atoms with E-state index in [2.05, 4.69) is 37.0 Å². The van der Waals surface area contributed by atoms with Gasteiger partial charge < -0.3 is 0 Å². The number of carbonyl (C=O) groups excluding carboxylic acids is 1. The number of fused-ring (bicyclic) bond motifs is 2. The van der Waals surface area contributed by atoms with Gasteiger partial charge in [-0.05, 0) is 59.7 Å². The normalized spacial score (nSPS) is 14.6. The Labute approximate surface area is 180 Å². The molecule has 0 spiro atoms. The average Bonchev–Trinajstić information content (AvgIpc) is 3.23. The van der Waals surface area contributed by atoms with Crippen LogP contribution in [0, 0.1) is 12.7 Å². The molecule has 0 bridgehead atoms. The molecule has 0 atom stereocenters. The number of H-pyrrole nitrogens is 1. The summed E-state index contributed by atoms with van der Waals surface area (Å²) >= 11 is 0. The van der Waals surface area contributed by atoms with Gasteiger partial charge in [0, 0.05) is 29.2 Å². The fourth-order valence-corrected chi connectivity index (χ4v) is 4.68. The lowest BCUT2D eigenvalue weighted by molar-refractivity contribution is -0.118. The monoisotopic (exact) mass is 413 g/mol. The third kappa shape index (κ3) is 3.25. The zero-order valence-electron chi connectivity index (χ0n) is 17.9. The summed E-state index contributed by atoms with van der Waals surface area (Å²) in [6.07, 6.45) is 5.56. The van der Waals surface area contributed by atoms with Gasteiger partial charge in [-0.15, -0.1) is 0 Å². The molecule has 156 valence electrons. The molecular formula is C26H24FN3O. The zero-order valence-corrected chi connectivity index (χ0v) is 17.9. The van der Waals surface area contributed by atoms with E-state index in [1.807, 2.05) is 24.4 Å². The first-order chi connectivity index (χ1) is 14.9. The first-order valence-electron chi connectivity index (χ1n) is 10.7. The maximum atomic E-state index is 13.7. The number of aromatic amines is 1. The number of ketones is 1. The van der Waals surface area contributed by atoms with Crippen LogP contribution in [0.1, 0.15) is 55.8 Å². The lowest BCUT2D eigenvalue weighted by Gasteiger charge is -2.23. The molecule has 4 nitrogen and oxygen atoms in total. The van der Waals surface area contributed by atoms with Gasteiger partial charge in [-0.3, -0.25) is 9.89 Å². The fraction of sp³-hybridized carbons (Fsp3) is 0.269. The Kier molecular flexibility index (Phi) is 4.69. The van der Waals surface area contributed by atoms with Crippen molar-refractivity contribution in [3.63, 3.8) is 0 Å². The highest BCUT2D eigenvalue weighted by Gasteiger charge is 2.24. The summed E-state index contributed by atoms with van der Waals surface area (Å²) in [4.78, 5) is 17.0. The van der Waals surface area contributed by atoms with Gasteiger partial charge in [-0.2, -0.15) is 5.10 Å². The van der Waals surface area contributed by atoms with E-state index in [1.54, 1.807) is 0 Å². The molecule has 0 amide bonds. The van der Waals surface area contributed by atoms with Crippen molar-refractivity contribution in [1.82, 2.24) is 15.2 Å². The molecule has 1 N–H and O–H groups in total. The predicted molar refractivity (Wildman–Crippen MR) is 122 cm³/mol. The van der Waals surface area contributed by atoms with Gasteiger partial charge in [0.25, 0.3) is 0 Å². The molecule has 4 aromatic rings. The molecule has 2 heterocycles. The molecule has 0 unspecified atom stereocenters. The molecule has 1 aliphatic carbocycles. The summed E-state index contributed by atoms with van der Waals surface area (Å²) in [6, 6.07) is 8.82. The van der Waals surface area contributed by atoms with Gasteiger partial charge in [0.05, 0.1) is 22.9 Å². The van der Waals surface area contributed by atoms with Crippen LogP contribution in [0.15, 0.2) is 42.6 Å². The van der Waals surface area contributed by atoms with Crippen LogP contribution in [0.3, 0.4) is 0 Å². The van der Waals surface area contributed by atoms with Gasteiger partial charge in [-0.1, -0.05) is 32.1 Å². The number of rotatable bonds is 3. The van der Waals surface area contributed by atoms with Crippen molar-refractivity contribution in [2.75, 3.05) is 0 Å². The average molecular weight is 413 g/mol. The fourth-order valence-electron chi connectivity index (χ4n) is 4.68. The topological polar surface area (TPSA) is 58.6 Å². The van der Waals surface area contributed by atoms with Gasteiger partial charge in [0.1, 0.15) is 11.6 Å². The molecule has 2 aromatic heterocycles. The van der Waals surface area contributed by atoms with E-state index in [0.717, 1.165) is 55.3 Å². The molecule has 0 aliphatic heterocycles. The van der Waals surface area contributed by atoms with Crippen LogP contribution < -0.4 is 0 Å². The van der Waals surface area contributed by atoms with Crippen molar-refractivity contribution in [2.45, 2.75) is 46.0 Å². The molecule has 31 heavy (non-hydrogen) atoms. The third-order valence-corrected chi connectivity index (χ3v) is 6.23. The van der Waals surface area contributed by atoms with Crippen LogP contribution in [-0.4, -0.2) is 21.0 Å². The maximum Gasteiger partial charge on any atom is 0.137 e. The summed E-state index contributed by atoms with van der Waals surface area (Å²) in [7, 11) is 0. The van der Waals surface area contributed by atoms with Gasteiger partial charge in [-0.25, -0.2) is 9.37 Å². The van der Waals surface area contributed by atoms with Crippen molar-refractivity contribution < 1.29 is 9.18 Å². The highest BCUT2D eigenvalue weighted by atomic mass is 19.1. The van der Waals surface area contributed by atoms with Crippen molar-refractivity contribution in [3.05, 3.63) is 65.2 Å². The van der Waals surface area contributed by atoms with Crippen LogP contribution in [0.2, 0.25) is 0 Å². The minimum absolute atomic E-state index is 0.200. The minimum atomic E-state index is -0.254. The molecule has 0 saturated heterocycles. The van der Waals surface area contributed by atoms with Gasteiger partial charge in [0.2, 0.25) is 0 Å². The number of hydrogen-bond acceptors (Lipinski definition) is 3. The standard InChI is InChI=1S/C26H24FN3O/c1-14(2)22-23(16-4-8-19(27)9-5-16)21-12-18-13-28-30-24(18)15(3)25(21)29-26(22)17-6-10-20(31)11-7-17/h4-6,8-9,12-14H,7,10-11H2,1-3H3,(H,28,30). The van der Waals surface area contributed by atoms with Gasteiger partial charge >= 0.3 is 0 Å². The number of hydrogen-bond donors (Lipinski definition) is 1. The van der Waals surface area contributed by atoms with Crippen molar-refractivity contribution in [3.8, 4) is 11.1 Å². The van der Waals surface area contributed by atoms with Crippen LogP contribution in [0.25, 0.3) is 38.5 Å². The second-order valence-electron chi connectivity index (χ2n) is 8.61. The van der Waals surface area contributed by atoms with Crippen molar-refractivity contribution in [1.29, 1.82) is 0 Å². The molecule has 1 aliphatic rings. The van der Waals surface area contributed by atoms with E-state index >= 15 is 0 Å². The predicted octanol–water partition coefficient (Wildman–Crippen LogP) is 6.49. The number of nitrogens with one attached hydrogen (secondary N) is 1. The first-order valence-corrected chi connectivity index (χ1v) is 10.7. The van der Waals surface area contributed by atoms with E-state index in [9.17, 15) is 9.18 Å². The Balaban J connectivity index is 1.94. The Hall–Kier alpha value is -3.34. The molecule has 0 saturated carbocycles. The van der Waals surface area contributed by atoms with E-state index in [4.69, 9.17) is 4.98 Å². The number of aromatic nitrogens is 3. The maximum absolute atomic E-state index is 13.7. The second-order valence-corrected chi connectivity index (χ2v) is 8.61. The molecule has 2 aromatic carbocycles. The molecule has 0 fully saturated rings. The summed E-state index contributed by atoms with van der Waals surface area (Å²) in [5, 5.41) is 9.38. The number of nitrogens with zero attached hydrogens (tertiary/aromatic N) is 2. The smallest absolute Gasteiger partial charge is 0.137 e. The van der Waals surface area contributed by atoms with Gasteiger partial charge in [0.15, 0.2) is 0 Å². The number of carbonyl (C=O) groups is 1. The van der Waals surface area contributed by atoms with Crippen molar-refractivity contribution in [2.24, 2.45) is 0 Å². The Morgan fingerprint density at radius 3 is 2.58 bits per heavy atom. The highest BCUT2D eigenvalue weighted by molar-refractivity contribution is 6.07. The lowest BCUT2D eigenvalue weighted by atomic mass is 9.83. The lowest BCUT2D eigenvalue weighted by Crippen LogP contribution is -2.09. The Bertz CT molecular complexity index is 1360. The second kappa shape index (κ2) is 7.41. The zero-order chi connectivity index (χ0) is 21.7. The molecular weight excluding hydrogens is 389 g/mol. The quantitative estimate of drug-likeness (QED) is 0.418. The number of Topliss-reactive ketones (excluding diaryl/α,β-unsaturated/α-hetero) is 1. The summed E-state index contributed by atoms with van der Waals surface area (Å²) in [5.74, 6) is 0.214. The Morgan fingerprint density at radius 1 is 1.13 bits per heavy atom. The Morgan fingerprint density at radius 2 is 1.90 bits per heavy atom. The largest absolute Gasteiger partial charge is 0.299 e. The van der Waals surface area contributed by atoms with E-state index < -0.39 is 0 Å². The molecule has 5 heteroatoms. The van der Waals surface area contributed by atoms with Crippen LogP contribution in [0.4, 0.5) is 4.39 Å². The number of allylic oxidation sites excluding steroid dienone is 2. The van der Waals surface area contributed by atoms with Crippen LogP contribution in [-0.2, 0) is 4.79 Å². The molecule has 5 rings (SSSR count). The van der Waals surface area contributed by atoms with E-state index in [0.29, 0.717) is 19.3 Å². The number of benzene rings is 2. The number of aryl methyl sites for hydroxylation is 1. The number of halogens is 1. The third-order valence-electron chi connectivity index (χ3n) is 6.23. The summed E-state index contributed by atoms with van der Waals surface area (Å²) in [6.45, 7) is 6.39.